The molecule has 24 heavy (non-hydrogen) atoms. The third-order valence-corrected chi connectivity index (χ3v) is 4.50. The largest absolute Gasteiger partial charge is 0.494 e. The lowest BCUT2D eigenvalue weighted by atomic mass is 10.1. The van der Waals surface area contributed by atoms with Crippen molar-refractivity contribution in [3.63, 3.8) is 0 Å². The van der Waals surface area contributed by atoms with Gasteiger partial charge in [0.15, 0.2) is 4.96 Å². The van der Waals surface area contributed by atoms with Crippen molar-refractivity contribution in [1.82, 2.24) is 9.38 Å². The second kappa shape index (κ2) is 6.88. The highest BCUT2D eigenvalue weighted by molar-refractivity contribution is 7.15. The van der Waals surface area contributed by atoms with E-state index in [1.54, 1.807) is 6.08 Å². The molecular weight excluding hydrogens is 324 g/mol. The molecule has 0 spiro atoms. The average molecular weight is 342 g/mol. The summed E-state index contributed by atoms with van der Waals surface area (Å²) in [7, 11) is 0. The number of thiazole rings is 1. The molecule has 6 heteroatoms. The van der Waals surface area contributed by atoms with Crippen LogP contribution in [0.1, 0.15) is 24.7 Å². The first-order valence-electron chi connectivity index (χ1n) is 7.71. The predicted octanol–water partition coefficient (Wildman–Crippen LogP) is 4.26. The Hall–Kier alpha value is -2.60. The third-order valence-electron chi connectivity index (χ3n) is 3.55. The quantitative estimate of drug-likeness (QED) is 0.680. The molecule has 0 radical (unpaired) electrons. The number of ether oxygens (including phenoxy) is 1. The predicted molar refractivity (Wildman–Crippen MR) is 95.7 cm³/mol. The molecule has 3 rings (SSSR count). The Morgan fingerprint density at radius 1 is 1.38 bits per heavy atom. The van der Waals surface area contributed by atoms with Gasteiger partial charge in [-0.2, -0.15) is 0 Å². The van der Waals surface area contributed by atoms with Crippen molar-refractivity contribution >= 4 is 28.3 Å². The van der Waals surface area contributed by atoms with Crippen molar-refractivity contribution in [1.29, 1.82) is 0 Å². The molecule has 1 N–H and O–H groups in total. The minimum atomic E-state index is -0.980. The Morgan fingerprint density at radius 3 is 2.79 bits per heavy atom. The zero-order valence-corrected chi connectivity index (χ0v) is 14.3. The average Bonchev–Trinajstić information content (AvgIpc) is 3.11. The number of carbonyl (C=O) groups is 1. The van der Waals surface area contributed by atoms with Crippen molar-refractivity contribution in [2.45, 2.75) is 20.3 Å². The van der Waals surface area contributed by atoms with Gasteiger partial charge < -0.3 is 9.84 Å². The Morgan fingerprint density at radius 2 is 2.12 bits per heavy atom. The Bertz CT molecular complexity index is 891. The van der Waals surface area contributed by atoms with E-state index >= 15 is 0 Å². The van der Waals surface area contributed by atoms with Crippen molar-refractivity contribution in [2.24, 2.45) is 0 Å². The smallest absolute Gasteiger partial charge is 0.328 e. The fourth-order valence-corrected chi connectivity index (χ4v) is 3.34. The van der Waals surface area contributed by atoms with Crippen LogP contribution in [0.5, 0.6) is 5.75 Å². The highest BCUT2D eigenvalue weighted by Crippen LogP contribution is 2.30. The summed E-state index contributed by atoms with van der Waals surface area (Å²) >= 11 is 1.54. The van der Waals surface area contributed by atoms with Gasteiger partial charge in [0.2, 0.25) is 0 Å². The summed E-state index contributed by atoms with van der Waals surface area (Å²) in [5, 5.41) is 11.0. The van der Waals surface area contributed by atoms with E-state index in [1.165, 1.54) is 11.3 Å². The molecule has 0 amide bonds. The normalized spacial score (nSPS) is 11.4. The van der Waals surface area contributed by atoms with Gasteiger partial charge >= 0.3 is 5.97 Å². The zero-order valence-electron chi connectivity index (χ0n) is 13.5. The molecule has 2 heterocycles. The molecule has 5 nitrogen and oxygen atoms in total. The van der Waals surface area contributed by atoms with Gasteiger partial charge in [-0.1, -0.05) is 6.92 Å². The number of aryl methyl sites for hydroxylation is 1. The molecular formula is C18H18N2O3S. The topological polar surface area (TPSA) is 63.8 Å². The minimum absolute atomic E-state index is 0.686. The number of imidazole rings is 1. The molecule has 0 saturated heterocycles. The number of carboxylic acids is 1. The van der Waals surface area contributed by atoms with Crippen LogP contribution in [0.3, 0.4) is 0 Å². The van der Waals surface area contributed by atoms with Crippen LogP contribution in [0, 0.1) is 6.92 Å². The fraction of sp³-hybridized carbons (Fsp3) is 0.222. The molecule has 0 saturated carbocycles. The molecule has 124 valence electrons. The second-order valence-electron chi connectivity index (χ2n) is 5.39. The van der Waals surface area contributed by atoms with Gasteiger partial charge in [0.1, 0.15) is 5.75 Å². The summed E-state index contributed by atoms with van der Waals surface area (Å²) in [6.07, 6.45) is 3.70. The molecule has 3 aromatic rings. The highest BCUT2D eigenvalue weighted by atomic mass is 32.1. The number of hydrogen-bond acceptors (Lipinski definition) is 4. The monoisotopic (exact) mass is 342 g/mol. The fourth-order valence-electron chi connectivity index (χ4n) is 2.47. The molecule has 0 aliphatic heterocycles. The molecule has 0 fully saturated rings. The maximum absolute atomic E-state index is 10.9. The van der Waals surface area contributed by atoms with Crippen LogP contribution >= 0.6 is 11.3 Å². The van der Waals surface area contributed by atoms with E-state index in [4.69, 9.17) is 9.84 Å². The van der Waals surface area contributed by atoms with E-state index in [9.17, 15) is 4.79 Å². The van der Waals surface area contributed by atoms with Crippen LogP contribution in [-0.2, 0) is 4.79 Å². The van der Waals surface area contributed by atoms with E-state index in [0.29, 0.717) is 6.61 Å². The molecule has 0 aliphatic rings. The number of rotatable bonds is 6. The van der Waals surface area contributed by atoms with Gasteiger partial charge in [0.25, 0.3) is 0 Å². The molecule has 0 atom stereocenters. The first-order chi connectivity index (χ1) is 11.6. The molecule has 0 aliphatic carbocycles. The third kappa shape index (κ3) is 3.19. The second-order valence-corrected chi connectivity index (χ2v) is 6.22. The number of hydrogen-bond donors (Lipinski definition) is 1. The zero-order chi connectivity index (χ0) is 17.1. The maximum Gasteiger partial charge on any atom is 0.328 e. The van der Waals surface area contributed by atoms with Crippen LogP contribution in [0.25, 0.3) is 22.3 Å². The van der Waals surface area contributed by atoms with Crippen molar-refractivity contribution in [2.75, 3.05) is 6.61 Å². The summed E-state index contributed by atoms with van der Waals surface area (Å²) in [6.45, 7) is 4.73. The number of carboxylic acid groups (broad SMARTS) is 1. The Labute approximate surface area is 143 Å². The van der Waals surface area contributed by atoms with Crippen LogP contribution in [0.2, 0.25) is 0 Å². The molecule has 0 bridgehead atoms. The maximum atomic E-state index is 10.9. The summed E-state index contributed by atoms with van der Waals surface area (Å²) in [4.78, 5) is 16.4. The lowest BCUT2D eigenvalue weighted by Crippen LogP contribution is -1.95. The van der Waals surface area contributed by atoms with Crippen LogP contribution in [-0.4, -0.2) is 27.1 Å². The summed E-state index contributed by atoms with van der Waals surface area (Å²) < 4.78 is 7.58. The number of fused-ring (bicyclic) bond motifs is 1. The lowest BCUT2D eigenvalue weighted by Gasteiger charge is -2.06. The molecule has 2 aromatic heterocycles. The summed E-state index contributed by atoms with van der Waals surface area (Å²) in [5.41, 5.74) is 3.50. The van der Waals surface area contributed by atoms with Crippen molar-refractivity contribution < 1.29 is 14.6 Å². The van der Waals surface area contributed by atoms with E-state index in [0.717, 1.165) is 45.9 Å². The number of benzene rings is 1. The molecule has 0 unspecified atom stereocenters. The van der Waals surface area contributed by atoms with Gasteiger partial charge in [0.05, 0.1) is 18.0 Å². The van der Waals surface area contributed by atoms with Crippen LogP contribution in [0.15, 0.2) is 35.7 Å². The first-order valence-corrected chi connectivity index (χ1v) is 8.59. The highest BCUT2D eigenvalue weighted by Gasteiger charge is 2.15. The van der Waals surface area contributed by atoms with Crippen LogP contribution in [0.4, 0.5) is 0 Å². The van der Waals surface area contributed by atoms with Gasteiger partial charge in [-0.15, -0.1) is 11.3 Å². The van der Waals surface area contributed by atoms with Crippen molar-refractivity contribution in [3.8, 4) is 17.0 Å². The van der Waals surface area contributed by atoms with Gasteiger partial charge in [-0.3, -0.25) is 4.40 Å². The van der Waals surface area contributed by atoms with E-state index in [2.05, 4.69) is 11.9 Å². The van der Waals surface area contributed by atoms with E-state index < -0.39 is 5.97 Å². The van der Waals surface area contributed by atoms with Crippen LogP contribution < -0.4 is 4.74 Å². The standard InChI is InChI=1S/C18H18N2O3S/c1-3-10-23-14-6-4-13(5-7-14)17-15(8-9-16(21)22)20-12(2)11-24-18(20)19-17/h4-9,11H,3,10H2,1-2H3,(H,21,22)/b9-8+. The minimum Gasteiger partial charge on any atom is -0.494 e. The van der Waals surface area contributed by atoms with Gasteiger partial charge in [0, 0.05) is 22.7 Å². The lowest BCUT2D eigenvalue weighted by molar-refractivity contribution is -0.131. The Balaban J connectivity index is 2.05. The van der Waals surface area contributed by atoms with E-state index in [1.807, 2.05) is 41.0 Å². The summed E-state index contributed by atoms with van der Waals surface area (Å²) in [5.74, 6) is -0.160. The van der Waals surface area contributed by atoms with Crippen molar-refractivity contribution in [3.05, 3.63) is 47.1 Å². The van der Waals surface area contributed by atoms with Gasteiger partial charge in [-0.25, -0.2) is 9.78 Å². The number of aromatic nitrogens is 2. The summed E-state index contributed by atoms with van der Waals surface area (Å²) in [6, 6.07) is 7.72. The first kappa shape index (κ1) is 16.3. The molecule has 1 aromatic carbocycles. The Kier molecular flexibility index (Phi) is 4.66. The van der Waals surface area contributed by atoms with Gasteiger partial charge in [-0.05, 0) is 43.7 Å². The number of aliphatic carboxylic acids is 1. The SMILES string of the molecule is CCCOc1ccc(-c2nc3scc(C)n3c2/C=C/C(=O)O)cc1. The van der Waals surface area contributed by atoms with E-state index in [-0.39, 0.29) is 0 Å². The number of nitrogens with zero attached hydrogens (tertiary/aromatic N) is 2.